The number of carbonyl (C=O) groups excluding carboxylic acids is 1. The fraction of sp³-hybridized carbons (Fsp3) is 0.182. The number of hydrazone groups is 1. The summed E-state index contributed by atoms with van der Waals surface area (Å²) in [6, 6.07) is 17.7. The van der Waals surface area contributed by atoms with Crippen molar-refractivity contribution in [3.05, 3.63) is 82.0 Å². The summed E-state index contributed by atoms with van der Waals surface area (Å²) in [7, 11) is -1.76. The number of nitrogens with one attached hydrogen (secondary N) is 1. The van der Waals surface area contributed by atoms with Gasteiger partial charge in [-0.05, 0) is 53.4 Å². The number of rotatable bonds is 6. The highest BCUT2D eigenvalue weighted by Gasteiger charge is 2.34. The molecule has 160 valence electrons. The third kappa shape index (κ3) is 4.78. The summed E-state index contributed by atoms with van der Waals surface area (Å²) in [5.41, 5.74) is 2.61. The molecule has 1 N–H and O–H groups in total. The van der Waals surface area contributed by atoms with Crippen molar-refractivity contribution in [1.29, 1.82) is 0 Å². The smallest absolute Gasteiger partial charge is 0.274 e. The van der Waals surface area contributed by atoms with Crippen LogP contribution >= 0.6 is 11.3 Å². The van der Waals surface area contributed by atoms with Gasteiger partial charge in [0.25, 0.3) is 5.91 Å². The van der Waals surface area contributed by atoms with Crippen LogP contribution in [0.5, 0.6) is 5.75 Å². The van der Waals surface area contributed by atoms with E-state index in [0.717, 1.165) is 22.4 Å². The molecule has 1 aliphatic rings. The summed E-state index contributed by atoms with van der Waals surface area (Å²) in [6.07, 6.45) is 1.68. The van der Waals surface area contributed by atoms with Gasteiger partial charge in [-0.3, -0.25) is 9.52 Å². The van der Waals surface area contributed by atoms with Crippen molar-refractivity contribution in [2.45, 2.75) is 12.5 Å². The van der Waals surface area contributed by atoms with Gasteiger partial charge >= 0.3 is 0 Å². The Labute approximate surface area is 185 Å². The lowest BCUT2D eigenvalue weighted by Gasteiger charge is -2.20. The lowest BCUT2D eigenvalue weighted by atomic mass is 10.0. The molecule has 1 amide bonds. The predicted octanol–water partition coefficient (Wildman–Crippen LogP) is 4.12. The van der Waals surface area contributed by atoms with Gasteiger partial charge < -0.3 is 4.74 Å². The standard InChI is InChI=1S/C22H21N3O4S2/c1-29-18-11-7-16(8-12-18)22(26)25-20(21-4-3-13-30-21)14-19(23-25)15-5-9-17(10-6-15)24-31(2,27)28/h3-13,20,24H,14H2,1-2H3/t20-/m1/s1. The number of hydrogen-bond acceptors (Lipinski definition) is 6. The van der Waals surface area contributed by atoms with E-state index in [1.807, 2.05) is 17.5 Å². The van der Waals surface area contributed by atoms with Crippen molar-refractivity contribution >= 4 is 38.7 Å². The minimum Gasteiger partial charge on any atom is -0.497 e. The highest BCUT2D eigenvalue weighted by molar-refractivity contribution is 7.92. The summed E-state index contributed by atoms with van der Waals surface area (Å²) in [6.45, 7) is 0. The monoisotopic (exact) mass is 455 g/mol. The van der Waals surface area contributed by atoms with Gasteiger partial charge in [0.2, 0.25) is 10.0 Å². The van der Waals surface area contributed by atoms with Gasteiger partial charge in [0, 0.05) is 22.5 Å². The quantitative estimate of drug-likeness (QED) is 0.606. The molecule has 1 atom stereocenters. The molecule has 9 heteroatoms. The van der Waals surface area contributed by atoms with Crippen LogP contribution in [0.2, 0.25) is 0 Å². The van der Waals surface area contributed by atoms with E-state index in [4.69, 9.17) is 4.74 Å². The van der Waals surface area contributed by atoms with E-state index >= 15 is 0 Å². The lowest BCUT2D eigenvalue weighted by molar-refractivity contribution is 0.0713. The Morgan fingerprint density at radius 2 is 1.84 bits per heavy atom. The Morgan fingerprint density at radius 1 is 1.13 bits per heavy atom. The molecular weight excluding hydrogens is 434 g/mol. The molecule has 0 aliphatic carbocycles. The van der Waals surface area contributed by atoms with Crippen molar-refractivity contribution in [3.8, 4) is 5.75 Å². The molecule has 0 radical (unpaired) electrons. The molecule has 31 heavy (non-hydrogen) atoms. The number of sulfonamides is 1. The number of hydrogen-bond donors (Lipinski definition) is 1. The summed E-state index contributed by atoms with van der Waals surface area (Å²) < 4.78 is 30.5. The Kier molecular flexibility index (Phi) is 5.79. The Hall–Kier alpha value is -3.17. The van der Waals surface area contributed by atoms with Crippen LogP contribution in [0.4, 0.5) is 5.69 Å². The van der Waals surface area contributed by atoms with Crippen molar-refractivity contribution in [2.75, 3.05) is 18.1 Å². The molecule has 1 aromatic heterocycles. The SMILES string of the molecule is COc1ccc(C(=O)N2N=C(c3ccc(NS(C)(=O)=O)cc3)C[C@@H]2c2cccs2)cc1. The molecule has 4 rings (SSSR count). The second-order valence-corrected chi connectivity index (χ2v) is 9.84. The molecule has 3 aromatic rings. The molecule has 0 saturated heterocycles. The first-order valence-corrected chi connectivity index (χ1v) is 12.3. The van der Waals surface area contributed by atoms with Gasteiger partial charge in [0.05, 0.1) is 25.1 Å². The maximum Gasteiger partial charge on any atom is 0.274 e. The molecule has 0 fully saturated rings. The van der Waals surface area contributed by atoms with Crippen LogP contribution in [0, 0.1) is 0 Å². The number of amides is 1. The fourth-order valence-corrected chi connectivity index (χ4v) is 4.76. The van der Waals surface area contributed by atoms with Gasteiger partial charge in [-0.25, -0.2) is 13.4 Å². The van der Waals surface area contributed by atoms with Gasteiger partial charge in [-0.1, -0.05) is 18.2 Å². The van der Waals surface area contributed by atoms with Gasteiger partial charge in [0.15, 0.2) is 0 Å². The molecule has 1 aliphatic heterocycles. The van der Waals surface area contributed by atoms with Crippen molar-refractivity contribution < 1.29 is 17.9 Å². The minimum absolute atomic E-state index is 0.189. The van der Waals surface area contributed by atoms with Crippen molar-refractivity contribution in [1.82, 2.24) is 5.01 Å². The van der Waals surface area contributed by atoms with Crippen LogP contribution in [-0.4, -0.2) is 38.4 Å². The number of carbonyl (C=O) groups is 1. The highest BCUT2D eigenvalue weighted by atomic mass is 32.2. The van der Waals surface area contributed by atoms with Crippen LogP contribution in [0.3, 0.4) is 0 Å². The number of benzene rings is 2. The minimum atomic E-state index is -3.34. The zero-order valence-electron chi connectivity index (χ0n) is 17.0. The molecule has 7 nitrogen and oxygen atoms in total. The largest absolute Gasteiger partial charge is 0.497 e. The number of methoxy groups -OCH3 is 1. The zero-order valence-corrected chi connectivity index (χ0v) is 18.6. The summed E-state index contributed by atoms with van der Waals surface area (Å²) >= 11 is 1.58. The van der Waals surface area contributed by atoms with Crippen molar-refractivity contribution in [2.24, 2.45) is 5.10 Å². The van der Waals surface area contributed by atoms with Crippen LogP contribution in [0.1, 0.15) is 33.3 Å². The molecule has 2 aromatic carbocycles. The Balaban J connectivity index is 1.64. The number of nitrogens with zero attached hydrogens (tertiary/aromatic N) is 2. The van der Waals surface area contributed by atoms with Crippen LogP contribution < -0.4 is 9.46 Å². The van der Waals surface area contributed by atoms with E-state index in [2.05, 4.69) is 9.82 Å². The van der Waals surface area contributed by atoms with E-state index in [-0.39, 0.29) is 11.9 Å². The van der Waals surface area contributed by atoms with E-state index in [1.54, 1.807) is 67.0 Å². The molecule has 2 heterocycles. The fourth-order valence-electron chi connectivity index (χ4n) is 3.39. The maximum atomic E-state index is 13.2. The Bertz CT molecular complexity index is 1200. The average molecular weight is 456 g/mol. The van der Waals surface area contributed by atoms with E-state index < -0.39 is 10.0 Å². The van der Waals surface area contributed by atoms with E-state index in [0.29, 0.717) is 23.4 Å². The van der Waals surface area contributed by atoms with Gasteiger partial charge in [-0.2, -0.15) is 5.10 Å². The first kappa shape index (κ1) is 21.1. The first-order valence-electron chi connectivity index (χ1n) is 9.51. The normalized spacial score (nSPS) is 16.1. The first-order chi connectivity index (χ1) is 14.8. The second kappa shape index (κ2) is 8.52. The van der Waals surface area contributed by atoms with Crippen LogP contribution in [0.15, 0.2) is 71.1 Å². The topological polar surface area (TPSA) is 88.1 Å². The second-order valence-electron chi connectivity index (χ2n) is 7.11. The predicted molar refractivity (Wildman–Crippen MR) is 122 cm³/mol. The number of anilines is 1. The Morgan fingerprint density at radius 3 is 2.42 bits per heavy atom. The number of thiophene rings is 1. The van der Waals surface area contributed by atoms with E-state index in [9.17, 15) is 13.2 Å². The third-order valence-electron chi connectivity index (χ3n) is 4.85. The van der Waals surface area contributed by atoms with Crippen molar-refractivity contribution in [3.63, 3.8) is 0 Å². The molecule has 0 saturated carbocycles. The maximum absolute atomic E-state index is 13.2. The molecular formula is C22H21N3O4S2. The summed E-state index contributed by atoms with van der Waals surface area (Å²) in [4.78, 5) is 14.3. The summed E-state index contributed by atoms with van der Waals surface area (Å²) in [5.74, 6) is 0.492. The third-order valence-corrected chi connectivity index (χ3v) is 6.43. The molecule has 0 bridgehead atoms. The van der Waals surface area contributed by atoms with Crippen LogP contribution in [-0.2, 0) is 10.0 Å². The molecule has 0 unspecified atom stereocenters. The van der Waals surface area contributed by atoms with Gasteiger partial charge in [-0.15, -0.1) is 11.3 Å². The summed E-state index contributed by atoms with van der Waals surface area (Å²) in [5, 5.41) is 8.17. The zero-order chi connectivity index (χ0) is 22.0. The molecule has 0 spiro atoms. The average Bonchev–Trinajstić information content (AvgIpc) is 3.42. The highest BCUT2D eigenvalue weighted by Crippen LogP contribution is 2.36. The van der Waals surface area contributed by atoms with E-state index in [1.165, 1.54) is 5.01 Å². The lowest BCUT2D eigenvalue weighted by Crippen LogP contribution is -2.26. The number of ether oxygens (including phenoxy) is 1. The van der Waals surface area contributed by atoms with Crippen LogP contribution in [0.25, 0.3) is 0 Å². The van der Waals surface area contributed by atoms with Gasteiger partial charge in [0.1, 0.15) is 5.75 Å².